The maximum absolute atomic E-state index is 14.2. The number of aromatic nitrogens is 1. The second kappa shape index (κ2) is 11.9. The van der Waals surface area contributed by atoms with E-state index in [-0.39, 0.29) is 12.5 Å². The molecule has 2 amide bonds. The Kier molecular flexibility index (Phi) is 8.30. The van der Waals surface area contributed by atoms with Gasteiger partial charge in [0.05, 0.1) is 23.9 Å². The predicted molar refractivity (Wildman–Crippen MR) is 150 cm³/mol. The van der Waals surface area contributed by atoms with Crippen LogP contribution in [0.3, 0.4) is 0 Å². The summed E-state index contributed by atoms with van der Waals surface area (Å²) in [6.07, 6.45) is 5.71. The minimum atomic E-state index is -3.52. The van der Waals surface area contributed by atoms with Crippen LogP contribution >= 0.6 is 0 Å². The van der Waals surface area contributed by atoms with Crippen LogP contribution in [-0.2, 0) is 26.3 Å². The number of hydrogen-bond acceptors (Lipinski definition) is 6. The Morgan fingerprint density at radius 3 is 2.48 bits per heavy atom. The molecule has 1 aliphatic heterocycles. The number of nitrogens with zero attached hydrogens (tertiary/aromatic N) is 2. The Bertz CT molecular complexity index is 1460. The van der Waals surface area contributed by atoms with Crippen molar-refractivity contribution in [1.29, 1.82) is 0 Å². The molecule has 0 bridgehead atoms. The molecular formula is C30H34N4O5S. The van der Waals surface area contributed by atoms with Crippen LogP contribution in [0.15, 0.2) is 72.9 Å². The average Bonchev–Trinajstić information content (AvgIpc) is 2.94. The molecule has 1 fully saturated rings. The number of carbonyl (C=O) groups excluding carboxylic acids is 2. The van der Waals surface area contributed by atoms with E-state index in [9.17, 15) is 18.0 Å². The molecule has 2 N–H and O–H groups in total. The SMILES string of the molecule is Cc1ccc([C@H]2[C@H](C(=O)NOCc3ccccn3)c3ccccc3C(=O)N2[C@H]2CCCC[C@@H]2NS(C)(=O)=O)cc1. The number of hydrogen-bond donors (Lipinski definition) is 2. The number of aryl methyl sites for hydroxylation is 1. The molecule has 1 aliphatic carbocycles. The molecule has 1 saturated carbocycles. The number of carbonyl (C=O) groups is 2. The number of fused-ring (bicyclic) bond motifs is 1. The van der Waals surface area contributed by atoms with Crippen molar-refractivity contribution < 1.29 is 22.8 Å². The molecule has 2 heterocycles. The van der Waals surface area contributed by atoms with E-state index < -0.39 is 40.0 Å². The van der Waals surface area contributed by atoms with Crippen LogP contribution < -0.4 is 10.2 Å². The van der Waals surface area contributed by atoms with Gasteiger partial charge >= 0.3 is 0 Å². The Morgan fingerprint density at radius 1 is 1.02 bits per heavy atom. The van der Waals surface area contributed by atoms with Gasteiger partial charge in [-0.3, -0.25) is 19.4 Å². The van der Waals surface area contributed by atoms with Crippen LogP contribution in [0.1, 0.15) is 70.4 Å². The summed E-state index contributed by atoms with van der Waals surface area (Å²) in [7, 11) is -3.52. The first-order valence-corrected chi connectivity index (χ1v) is 15.4. The Morgan fingerprint density at radius 2 is 1.75 bits per heavy atom. The van der Waals surface area contributed by atoms with E-state index in [4.69, 9.17) is 4.84 Å². The standard InChI is InChI=1S/C30H34N4O5S/c1-20-14-16-21(17-15-20)28-27(29(35)32-39-19-22-9-7-8-18-31-22)23-10-3-4-11-24(23)30(36)34(28)26-13-6-5-12-25(26)33-40(2,37)38/h3-4,7-11,14-18,25-28,33H,5-6,12-13,19H2,1-2H3,(H,32,35)/t25-,26-,27+,28-/m0/s1. The number of pyridine rings is 1. The highest BCUT2D eigenvalue weighted by molar-refractivity contribution is 7.88. The van der Waals surface area contributed by atoms with E-state index in [0.717, 1.165) is 30.2 Å². The predicted octanol–water partition coefficient (Wildman–Crippen LogP) is 3.78. The summed E-state index contributed by atoms with van der Waals surface area (Å²) in [5.74, 6) is -1.40. The molecule has 3 aromatic rings. The zero-order valence-corrected chi connectivity index (χ0v) is 23.4. The topological polar surface area (TPSA) is 118 Å². The number of amides is 2. The maximum Gasteiger partial charge on any atom is 0.255 e. The number of benzene rings is 2. The summed E-state index contributed by atoms with van der Waals surface area (Å²) in [5.41, 5.74) is 6.15. The number of nitrogens with one attached hydrogen (secondary N) is 2. The normalized spacial score (nSPS) is 22.9. The summed E-state index contributed by atoms with van der Waals surface area (Å²) in [6, 6.07) is 18.8. The largest absolute Gasteiger partial charge is 0.326 e. The number of rotatable bonds is 8. The molecule has 0 unspecified atom stereocenters. The van der Waals surface area contributed by atoms with Gasteiger partial charge in [-0.1, -0.05) is 66.9 Å². The van der Waals surface area contributed by atoms with Gasteiger partial charge in [0.15, 0.2) is 0 Å². The fourth-order valence-electron chi connectivity index (χ4n) is 5.90. The van der Waals surface area contributed by atoms with E-state index in [2.05, 4.69) is 15.2 Å². The zero-order valence-electron chi connectivity index (χ0n) is 22.6. The molecular weight excluding hydrogens is 528 g/mol. The van der Waals surface area contributed by atoms with E-state index >= 15 is 0 Å². The van der Waals surface area contributed by atoms with Gasteiger partial charge in [-0.15, -0.1) is 0 Å². The van der Waals surface area contributed by atoms with Crippen molar-refractivity contribution >= 4 is 21.8 Å². The monoisotopic (exact) mass is 562 g/mol. The first-order valence-electron chi connectivity index (χ1n) is 13.5. The van der Waals surface area contributed by atoms with Crippen molar-refractivity contribution in [3.8, 4) is 0 Å². The molecule has 0 saturated heterocycles. The van der Waals surface area contributed by atoms with Gasteiger partial charge in [0.2, 0.25) is 10.0 Å². The van der Waals surface area contributed by atoms with E-state index in [1.807, 2.05) is 49.4 Å². The first-order chi connectivity index (χ1) is 19.2. The lowest BCUT2D eigenvalue weighted by Crippen LogP contribution is -2.59. The molecule has 4 atom stereocenters. The quantitative estimate of drug-likeness (QED) is 0.404. The third-order valence-electron chi connectivity index (χ3n) is 7.65. The molecule has 2 aliphatic rings. The van der Waals surface area contributed by atoms with Crippen LogP contribution in [0, 0.1) is 6.92 Å². The lowest BCUT2D eigenvalue weighted by Gasteiger charge is -2.49. The van der Waals surface area contributed by atoms with Crippen molar-refractivity contribution in [2.45, 2.75) is 63.3 Å². The van der Waals surface area contributed by atoms with Crippen LogP contribution in [-0.4, -0.2) is 48.5 Å². The molecule has 0 spiro atoms. The van der Waals surface area contributed by atoms with Crippen molar-refractivity contribution in [3.05, 3.63) is 101 Å². The fourth-order valence-corrected chi connectivity index (χ4v) is 6.73. The molecule has 5 rings (SSSR count). The lowest BCUT2D eigenvalue weighted by atomic mass is 9.76. The van der Waals surface area contributed by atoms with Crippen LogP contribution in [0.2, 0.25) is 0 Å². The number of sulfonamides is 1. The maximum atomic E-state index is 14.2. The van der Waals surface area contributed by atoms with Gasteiger partial charge in [-0.25, -0.2) is 18.6 Å². The second-order valence-corrected chi connectivity index (χ2v) is 12.3. The van der Waals surface area contributed by atoms with Crippen LogP contribution in [0.4, 0.5) is 0 Å². The molecule has 10 heteroatoms. The minimum Gasteiger partial charge on any atom is -0.326 e. The van der Waals surface area contributed by atoms with Crippen molar-refractivity contribution in [1.82, 2.24) is 20.1 Å². The molecule has 2 aromatic carbocycles. The Labute approximate surface area is 235 Å². The van der Waals surface area contributed by atoms with Crippen LogP contribution in [0.25, 0.3) is 0 Å². The van der Waals surface area contributed by atoms with Gasteiger partial charge in [-0.05, 0) is 49.1 Å². The summed E-state index contributed by atoms with van der Waals surface area (Å²) in [4.78, 5) is 39.7. The smallest absolute Gasteiger partial charge is 0.255 e. The van der Waals surface area contributed by atoms with Gasteiger partial charge in [0, 0.05) is 23.8 Å². The molecule has 9 nitrogen and oxygen atoms in total. The lowest BCUT2D eigenvalue weighted by molar-refractivity contribution is -0.138. The second-order valence-electron chi connectivity index (χ2n) is 10.6. The first kappa shape index (κ1) is 27.9. The Hall–Kier alpha value is -3.60. The van der Waals surface area contributed by atoms with Gasteiger partial charge in [0.25, 0.3) is 11.8 Å². The summed E-state index contributed by atoms with van der Waals surface area (Å²) < 4.78 is 27.4. The van der Waals surface area contributed by atoms with Crippen molar-refractivity contribution in [2.24, 2.45) is 0 Å². The van der Waals surface area contributed by atoms with Crippen molar-refractivity contribution in [2.75, 3.05) is 6.26 Å². The average molecular weight is 563 g/mol. The third-order valence-corrected chi connectivity index (χ3v) is 8.38. The highest BCUT2D eigenvalue weighted by atomic mass is 32.2. The molecule has 1 aromatic heterocycles. The summed E-state index contributed by atoms with van der Waals surface area (Å²) >= 11 is 0. The summed E-state index contributed by atoms with van der Waals surface area (Å²) in [5, 5.41) is 0. The van der Waals surface area contributed by atoms with Gasteiger partial charge in [0.1, 0.15) is 6.61 Å². The third kappa shape index (κ3) is 6.09. The molecule has 40 heavy (non-hydrogen) atoms. The Balaban J connectivity index is 1.57. The molecule has 210 valence electrons. The number of hydroxylamine groups is 1. The zero-order chi connectivity index (χ0) is 28.3. The van der Waals surface area contributed by atoms with E-state index in [0.29, 0.717) is 29.7 Å². The van der Waals surface area contributed by atoms with Gasteiger partial charge < -0.3 is 4.90 Å². The minimum absolute atomic E-state index is 0.0851. The highest BCUT2D eigenvalue weighted by Gasteiger charge is 2.48. The molecule has 0 radical (unpaired) electrons. The highest BCUT2D eigenvalue weighted by Crippen LogP contribution is 2.46. The summed E-state index contributed by atoms with van der Waals surface area (Å²) in [6.45, 7) is 2.06. The van der Waals surface area contributed by atoms with E-state index in [1.54, 1.807) is 35.4 Å². The van der Waals surface area contributed by atoms with Crippen molar-refractivity contribution in [3.63, 3.8) is 0 Å². The van der Waals surface area contributed by atoms with Gasteiger partial charge in [-0.2, -0.15) is 0 Å². The van der Waals surface area contributed by atoms with E-state index in [1.165, 1.54) is 0 Å². The fraction of sp³-hybridized carbons (Fsp3) is 0.367. The van der Waals surface area contributed by atoms with Crippen LogP contribution in [0.5, 0.6) is 0 Å².